The molecule has 2 rings (SSSR count). The molecule has 0 spiro atoms. The summed E-state index contributed by atoms with van der Waals surface area (Å²) in [4.78, 5) is 4.40. The minimum atomic E-state index is 0.308. The smallest absolute Gasteiger partial charge is 0.108 e. The SMILES string of the molecule is CCc1nccn1C1CC(CC)CCC1N. The molecule has 1 heterocycles. The fraction of sp³-hybridized carbons (Fsp3) is 0.769. The number of aromatic nitrogens is 2. The Kier molecular flexibility index (Phi) is 3.64. The molecule has 1 aliphatic rings. The van der Waals surface area contributed by atoms with Gasteiger partial charge in [0, 0.05) is 24.9 Å². The largest absolute Gasteiger partial charge is 0.330 e. The second kappa shape index (κ2) is 5.00. The van der Waals surface area contributed by atoms with Gasteiger partial charge >= 0.3 is 0 Å². The maximum Gasteiger partial charge on any atom is 0.108 e. The van der Waals surface area contributed by atoms with Crippen molar-refractivity contribution in [3.05, 3.63) is 18.2 Å². The number of nitrogens with two attached hydrogens (primary N) is 1. The third kappa shape index (κ3) is 2.14. The van der Waals surface area contributed by atoms with Gasteiger partial charge in [-0.15, -0.1) is 0 Å². The molecule has 0 saturated heterocycles. The number of nitrogens with zero attached hydrogens (tertiary/aromatic N) is 2. The molecule has 0 aromatic carbocycles. The predicted molar refractivity (Wildman–Crippen MR) is 66.2 cm³/mol. The van der Waals surface area contributed by atoms with Crippen molar-refractivity contribution in [1.29, 1.82) is 0 Å². The summed E-state index contributed by atoms with van der Waals surface area (Å²) < 4.78 is 2.31. The van der Waals surface area contributed by atoms with Crippen LogP contribution in [-0.2, 0) is 6.42 Å². The van der Waals surface area contributed by atoms with Crippen LogP contribution in [0.5, 0.6) is 0 Å². The van der Waals surface area contributed by atoms with E-state index in [9.17, 15) is 0 Å². The molecule has 0 bridgehead atoms. The lowest BCUT2D eigenvalue weighted by molar-refractivity contribution is 0.227. The van der Waals surface area contributed by atoms with Gasteiger partial charge in [-0.2, -0.15) is 0 Å². The van der Waals surface area contributed by atoms with Crippen LogP contribution in [0.2, 0.25) is 0 Å². The summed E-state index contributed by atoms with van der Waals surface area (Å²) in [6.07, 6.45) is 9.95. The van der Waals surface area contributed by atoms with Crippen molar-refractivity contribution in [3.8, 4) is 0 Å². The van der Waals surface area contributed by atoms with Crippen LogP contribution in [0.15, 0.2) is 12.4 Å². The lowest BCUT2D eigenvalue weighted by Crippen LogP contribution is -2.38. The van der Waals surface area contributed by atoms with Crippen LogP contribution in [0.4, 0.5) is 0 Å². The van der Waals surface area contributed by atoms with Gasteiger partial charge in [0.15, 0.2) is 0 Å². The normalized spacial score (nSPS) is 30.6. The van der Waals surface area contributed by atoms with Crippen LogP contribution in [0.1, 0.15) is 51.4 Å². The highest BCUT2D eigenvalue weighted by Crippen LogP contribution is 2.34. The summed E-state index contributed by atoms with van der Waals surface area (Å²) in [7, 11) is 0. The van der Waals surface area contributed by atoms with Gasteiger partial charge in [0.1, 0.15) is 5.82 Å². The lowest BCUT2D eigenvalue weighted by atomic mass is 9.81. The Bertz CT molecular complexity index is 332. The average molecular weight is 221 g/mol. The molecule has 1 aliphatic carbocycles. The van der Waals surface area contributed by atoms with Crippen molar-refractivity contribution in [2.45, 2.75) is 58.0 Å². The second-order valence-corrected chi connectivity index (χ2v) is 4.92. The highest BCUT2D eigenvalue weighted by atomic mass is 15.1. The zero-order valence-electron chi connectivity index (χ0n) is 10.4. The van der Waals surface area contributed by atoms with Crippen LogP contribution in [0.3, 0.4) is 0 Å². The highest BCUT2D eigenvalue weighted by Gasteiger charge is 2.29. The van der Waals surface area contributed by atoms with Crippen molar-refractivity contribution in [2.75, 3.05) is 0 Å². The molecule has 1 aromatic heterocycles. The van der Waals surface area contributed by atoms with Gasteiger partial charge in [-0.05, 0) is 25.2 Å². The van der Waals surface area contributed by atoms with Crippen molar-refractivity contribution >= 4 is 0 Å². The molecule has 0 aliphatic heterocycles. The molecular formula is C13H23N3. The first-order valence-corrected chi connectivity index (χ1v) is 6.53. The van der Waals surface area contributed by atoms with Crippen LogP contribution in [0, 0.1) is 5.92 Å². The van der Waals surface area contributed by atoms with Crippen molar-refractivity contribution < 1.29 is 0 Å². The number of hydrogen-bond donors (Lipinski definition) is 1. The second-order valence-electron chi connectivity index (χ2n) is 4.92. The van der Waals surface area contributed by atoms with Gasteiger partial charge in [0.05, 0.1) is 6.04 Å². The highest BCUT2D eigenvalue weighted by molar-refractivity contribution is 4.99. The molecule has 3 unspecified atom stereocenters. The van der Waals surface area contributed by atoms with Crippen molar-refractivity contribution in [2.24, 2.45) is 11.7 Å². The van der Waals surface area contributed by atoms with Crippen LogP contribution in [0.25, 0.3) is 0 Å². The number of aryl methyl sites for hydroxylation is 1. The zero-order chi connectivity index (χ0) is 11.5. The number of hydrogen-bond acceptors (Lipinski definition) is 2. The first kappa shape index (κ1) is 11.6. The van der Waals surface area contributed by atoms with E-state index in [0.29, 0.717) is 12.1 Å². The molecule has 0 radical (unpaired) electrons. The lowest BCUT2D eigenvalue weighted by Gasteiger charge is -2.35. The quantitative estimate of drug-likeness (QED) is 0.852. The predicted octanol–water partition coefficient (Wildman–Crippen LogP) is 2.52. The molecular weight excluding hydrogens is 198 g/mol. The van der Waals surface area contributed by atoms with Crippen LogP contribution in [-0.4, -0.2) is 15.6 Å². The van der Waals surface area contributed by atoms with Crippen LogP contribution >= 0.6 is 0 Å². The molecule has 1 fully saturated rings. The average Bonchev–Trinajstić information content (AvgIpc) is 2.77. The monoisotopic (exact) mass is 221 g/mol. The summed E-state index contributed by atoms with van der Waals surface area (Å²) in [6, 6.07) is 0.776. The standard InChI is InChI=1S/C13H23N3/c1-3-10-5-6-11(14)12(9-10)16-8-7-15-13(16)4-2/h7-8,10-12H,3-6,9,14H2,1-2H3. The Labute approximate surface area is 98.1 Å². The van der Waals surface area contributed by atoms with Gasteiger partial charge in [-0.1, -0.05) is 20.3 Å². The summed E-state index contributed by atoms with van der Waals surface area (Å²) in [6.45, 7) is 4.44. The molecule has 1 saturated carbocycles. The van der Waals surface area contributed by atoms with E-state index >= 15 is 0 Å². The van der Waals surface area contributed by atoms with E-state index in [4.69, 9.17) is 5.73 Å². The molecule has 2 N–H and O–H groups in total. The van der Waals surface area contributed by atoms with E-state index in [1.165, 1.54) is 25.1 Å². The minimum absolute atomic E-state index is 0.308. The van der Waals surface area contributed by atoms with Gasteiger partial charge < -0.3 is 10.3 Å². The van der Waals surface area contributed by atoms with E-state index in [-0.39, 0.29) is 0 Å². The summed E-state index contributed by atoms with van der Waals surface area (Å²) in [5.74, 6) is 2.02. The Morgan fingerprint density at radius 2 is 2.25 bits per heavy atom. The molecule has 3 nitrogen and oxygen atoms in total. The Morgan fingerprint density at radius 1 is 1.44 bits per heavy atom. The van der Waals surface area contributed by atoms with Crippen molar-refractivity contribution in [3.63, 3.8) is 0 Å². The Hall–Kier alpha value is -0.830. The third-order valence-electron chi connectivity index (χ3n) is 3.98. The summed E-state index contributed by atoms with van der Waals surface area (Å²) in [5, 5.41) is 0. The fourth-order valence-electron chi connectivity index (χ4n) is 2.87. The van der Waals surface area contributed by atoms with Gasteiger partial charge in [-0.25, -0.2) is 4.98 Å². The molecule has 0 amide bonds. The maximum atomic E-state index is 6.26. The van der Waals surface area contributed by atoms with Crippen molar-refractivity contribution in [1.82, 2.24) is 9.55 Å². The molecule has 16 heavy (non-hydrogen) atoms. The molecule has 3 heteroatoms. The van der Waals surface area contributed by atoms with Gasteiger partial charge in [0.2, 0.25) is 0 Å². The third-order valence-corrected chi connectivity index (χ3v) is 3.98. The zero-order valence-corrected chi connectivity index (χ0v) is 10.4. The van der Waals surface area contributed by atoms with E-state index < -0.39 is 0 Å². The van der Waals surface area contributed by atoms with E-state index in [1.807, 2.05) is 6.20 Å². The number of rotatable bonds is 3. The fourth-order valence-corrected chi connectivity index (χ4v) is 2.87. The first-order valence-electron chi connectivity index (χ1n) is 6.53. The Morgan fingerprint density at radius 3 is 2.94 bits per heavy atom. The topological polar surface area (TPSA) is 43.8 Å². The Balaban J connectivity index is 2.17. The summed E-state index contributed by atoms with van der Waals surface area (Å²) >= 11 is 0. The maximum absolute atomic E-state index is 6.26. The number of imidazole rings is 1. The molecule has 1 aromatic rings. The van der Waals surface area contributed by atoms with Gasteiger partial charge in [0.25, 0.3) is 0 Å². The van der Waals surface area contributed by atoms with E-state index in [0.717, 1.165) is 18.8 Å². The molecule has 90 valence electrons. The summed E-state index contributed by atoms with van der Waals surface area (Å²) in [5.41, 5.74) is 6.26. The van der Waals surface area contributed by atoms with Crippen LogP contribution < -0.4 is 5.73 Å². The van der Waals surface area contributed by atoms with Gasteiger partial charge in [-0.3, -0.25) is 0 Å². The van der Waals surface area contributed by atoms with E-state index in [2.05, 4.69) is 29.6 Å². The first-order chi connectivity index (χ1) is 7.76. The molecule has 3 atom stereocenters. The van der Waals surface area contributed by atoms with E-state index in [1.54, 1.807) is 0 Å². The minimum Gasteiger partial charge on any atom is -0.330 e.